The van der Waals surface area contributed by atoms with Gasteiger partial charge in [0.2, 0.25) is 18.2 Å². The largest absolute Gasteiger partial charge is 0.343 e. The van der Waals surface area contributed by atoms with Crippen molar-refractivity contribution in [1.29, 1.82) is 0 Å². The summed E-state index contributed by atoms with van der Waals surface area (Å²) in [6.45, 7) is 3.80. The molecule has 1 aromatic rings. The van der Waals surface area contributed by atoms with Gasteiger partial charge >= 0.3 is 0 Å². The summed E-state index contributed by atoms with van der Waals surface area (Å²) in [6, 6.07) is 10.1. The van der Waals surface area contributed by atoms with E-state index in [1.165, 1.54) is 5.56 Å². The number of benzene rings is 1. The number of likely N-dealkylation sites (tertiary alicyclic amines) is 1. The number of piperazine rings is 1. The summed E-state index contributed by atoms with van der Waals surface area (Å²) in [7, 11) is 0. The molecule has 0 bridgehead atoms. The van der Waals surface area contributed by atoms with Crippen LogP contribution in [-0.4, -0.2) is 72.2 Å². The molecular weight excluding hydrogens is 330 g/mol. The Balaban J connectivity index is 1.41. The minimum Gasteiger partial charge on any atom is -0.343 e. The zero-order valence-corrected chi connectivity index (χ0v) is 15.2. The van der Waals surface area contributed by atoms with Crippen LogP contribution in [0.1, 0.15) is 24.8 Å². The lowest BCUT2D eigenvalue weighted by Gasteiger charge is -2.37. The molecule has 1 aromatic carbocycles. The molecule has 2 saturated heterocycles. The number of aryl methyl sites for hydroxylation is 1. The van der Waals surface area contributed by atoms with Crippen molar-refractivity contribution in [3.8, 4) is 0 Å². The normalized spacial score (nSPS) is 18.7. The molecule has 6 nitrogen and oxygen atoms in total. The Morgan fingerprint density at radius 3 is 2.19 bits per heavy atom. The highest BCUT2D eigenvalue weighted by molar-refractivity contribution is 5.80. The van der Waals surface area contributed by atoms with E-state index in [1.54, 1.807) is 4.90 Å². The van der Waals surface area contributed by atoms with Crippen LogP contribution in [0, 0.1) is 5.92 Å². The monoisotopic (exact) mass is 357 g/mol. The fourth-order valence-electron chi connectivity index (χ4n) is 3.74. The molecule has 0 N–H and O–H groups in total. The maximum absolute atomic E-state index is 12.7. The molecule has 2 heterocycles. The van der Waals surface area contributed by atoms with Crippen LogP contribution < -0.4 is 0 Å². The Labute approximate surface area is 154 Å². The Hall–Kier alpha value is -2.37. The number of hydrogen-bond acceptors (Lipinski definition) is 3. The second-order valence-corrected chi connectivity index (χ2v) is 7.11. The van der Waals surface area contributed by atoms with Gasteiger partial charge in [-0.2, -0.15) is 0 Å². The summed E-state index contributed by atoms with van der Waals surface area (Å²) in [5.41, 5.74) is 1.18. The van der Waals surface area contributed by atoms with E-state index in [4.69, 9.17) is 0 Å². The van der Waals surface area contributed by atoms with Crippen LogP contribution in [0.25, 0.3) is 0 Å². The summed E-state index contributed by atoms with van der Waals surface area (Å²) in [6.07, 6.45) is 3.62. The van der Waals surface area contributed by atoms with E-state index in [-0.39, 0.29) is 17.7 Å². The summed E-state index contributed by atoms with van der Waals surface area (Å²) < 4.78 is 0. The fraction of sp³-hybridized carbons (Fsp3) is 0.550. The zero-order valence-electron chi connectivity index (χ0n) is 15.2. The molecule has 26 heavy (non-hydrogen) atoms. The number of hydrogen-bond donors (Lipinski definition) is 0. The molecule has 3 amide bonds. The van der Waals surface area contributed by atoms with Gasteiger partial charge in [-0.15, -0.1) is 0 Å². The van der Waals surface area contributed by atoms with E-state index < -0.39 is 0 Å². The smallest absolute Gasteiger partial charge is 0.225 e. The highest BCUT2D eigenvalue weighted by Gasteiger charge is 2.31. The van der Waals surface area contributed by atoms with Gasteiger partial charge in [0.25, 0.3) is 0 Å². The summed E-state index contributed by atoms with van der Waals surface area (Å²) in [5, 5.41) is 0. The number of amides is 3. The lowest BCUT2D eigenvalue weighted by molar-refractivity contribution is -0.142. The van der Waals surface area contributed by atoms with Gasteiger partial charge in [0, 0.05) is 51.6 Å². The van der Waals surface area contributed by atoms with Gasteiger partial charge in [-0.1, -0.05) is 30.3 Å². The molecule has 2 aliphatic rings. The van der Waals surface area contributed by atoms with Crippen molar-refractivity contribution in [2.45, 2.75) is 25.7 Å². The molecule has 0 atom stereocenters. The molecule has 0 unspecified atom stereocenters. The van der Waals surface area contributed by atoms with Gasteiger partial charge in [-0.25, -0.2) is 0 Å². The van der Waals surface area contributed by atoms with Crippen LogP contribution in [0.5, 0.6) is 0 Å². The van der Waals surface area contributed by atoms with Crippen LogP contribution >= 0.6 is 0 Å². The Morgan fingerprint density at radius 1 is 0.923 bits per heavy atom. The van der Waals surface area contributed by atoms with Crippen molar-refractivity contribution in [1.82, 2.24) is 14.7 Å². The van der Waals surface area contributed by atoms with Crippen LogP contribution in [0.15, 0.2) is 30.3 Å². The average Bonchev–Trinajstić information content (AvgIpc) is 2.72. The van der Waals surface area contributed by atoms with Gasteiger partial charge in [0.1, 0.15) is 0 Å². The van der Waals surface area contributed by atoms with Gasteiger partial charge in [-0.05, 0) is 24.8 Å². The van der Waals surface area contributed by atoms with Crippen molar-refractivity contribution < 1.29 is 14.4 Å². The lowest BCUT2D eigenvalue weighted by Crippen LogP contribution is -2.51. The molecular formula is C20H27N3O3. The standard InChI is InChI=1S/C20H27N3O3/c24-16-21-12-14-23(15-13-21)20(26)18-8-10-22(11-9-18)19(25)7-6-17-4-2-1-3-5-17/h1-5,16,18H,6-15H2. The predicted molar refractivity (Wildman–Crippen MR) is 98.3 cm³/mol. The molecule has 140 valence electrons. The van der Waals surface area contributed by atoms with E-state index in [9.17, 15) is 14.4 Å². The molecule has 0 aromatic heterocycles. The van der Waals surface area contributed by atoms with Crippen molar-refractivity contribution in [2.75, 3.05) is 39.3 Å². The quantitative estimate of drug-likeness (QED) is 0.743. The summed E-state index contributed by atoms with van der Waals surface area (Å²) >= 11 is 0. The molecule has 3 rings (SSSR count). The highest BCUT2D eigenvalue weighted by atomic mass is 16.2. The average molecular weight is 357 g/mol. The number of carbonyl (C=O) groups is 3. The minimum atomic E-state index is 0.0101. The van der Waals surface area contributed by atoms with Gasteiger partial charge in [0.15, 0.2) is 0 Å². The molecule has 6 heteroatoms. The van der Waals surface area contributed by atoms with Crippen molar-refractivity contribution >= 4 is 18.2 Å². The van der Waals surface area contributed by atoms with E-state index in [0.29, 0.717) is 45.7 Å². The molecule has 0 radical (unpaired) electrons. The predicted octanol–water partition coefficient (Wildman–Crippen LogP) is 1.16. The molecule has 0 aliphatic carbocycles. The van der Waals surface area contributed by atoms with Crippen molar-refractivity contribution in [3.05, 3.63) is 35.9 Å². The van der Waals surface area contributed by atoms with E-state index in [2.05, 4.69) is 0 Å². The van der Waals surface area contributed by atoms with Gasteiger partial charge < -0.3 is 14.7 Å². The Bertz CT molecular complexity index is 618. The first kappa shape index (κ1) is 18.4. The maximum atomic E-state index is 12.7. The van der Waals surface area contributed by atoms with Crippen LogP contribution in [-0.2, 0) is 20.8 Å². The second kappa shape index (κ2) is 8.83. The molecule has 2 fully saturated rings. The SMILES string of the molecule is O=CN1CCN(C(=O)C2CCN(C(=O)CCc3ccccc3)CC2)CC1. The zero-order chi connectivity index (χ0) is 18.4. The van der Waals surface area contributed by atoms with Crippen molar-refractivity contribution in [3.63, 3.8) is 0 Å². The first-order valence-corrected chi connectivity index (χ1v) is 9.47. The molecule has 2 aliphatic heterocycles. The third-order valence-corrected chi connectivity index (χ3v) is 5.44. The number of nitrogens with zero attached hydrogens (tertiary/aromatic N) is 3. The number of carbonyl (C=O) groups excluding carboxylic acids is 3. The van der Waals surface area contributed by atoms with E-state index in [1.807, 2.05) is 40.1 Å². The second-order valence-electron chi connectivity index (χ2n) is 7.11. The topological polar surface area (TPSA) is 60.9 Å². The third-order valence-electron chi connectivity index (χ3n) is 5.44. The first-order valence-electron chi connectivity index (χ1n) is 9.47. The third kappa shape index (κ3) is 4.62. The summed E-state index contributed by atoms with van der Waals surface area (Å²) in [4.78, 5) is 41.3. The number of rotatable bonds is 5. The Morgan fingerprint density at radius 2 is 1.58 bits per heavy atom. The van der Waals surface area contributed by atoms with Crippen LogP contribution in [0.2, 0.25) is 0 Å². The van der Waals surface area contributed by atoms with Crippen molar-refractivity contribution in [2.24, 2.45) is 5.92 Å². The fourth-order valence-corrected chi connectivity index (χ4v) is 3.74. The lowest BCUT2D eigenvalue weighted by atomic mass is 9.94. The van der Waals surface area contributed by atoms with E-state index >= 15 is 0 Å². The Kier molecular flexibility index (Phi) is 6.26. The maximum Gasteiger partial charge on any atom is 0.225 e. The first-order chi connectivity index (χ1) is 12.7. The van der Waals surface area contributed by atoms with Gasteiger partial charge in [0.05, 0.1) is 0 Å². The van der Waals surface area contributed by atoms with E-state index in [0.717, 1.165) is 25.7 Å². The number of piperidine rings is 1. The molecule has 0 saturated carbocycles. The minimum absolute atomic E-state index is 0.0101. The van der Waals surface area contributed by atoms with Gasteiger partial charge in [-0.3, -0.25) is 14.4 Å². The van der Waals surface area contributed by atoms with Crippen LogP contribution in [0.4, 0.5) is 0 Å². The highest BCUT2D eigenvalue weighted by Crippen LogP contribution is 2.21. The van der Waals surface area contributed by atoms with Crippen LogP contribution in [0.3, 0.4) is 0 Å². The summed E-state index contributed by atoms with van der Waals surface area (Å²) in [5.74, 6) is 0.377. The molecule has 0 spiro atoms.